The van der Waals surface area contributed by atoms with Crippen LogP contribution in [-0.4, -0.2) is 41.4 Å². The second kappa shape index (κ2) is 9.77. The van der Waals surface area contributed by atoms with Crippen LogP contribution in [0.4, 0.5) is 0 Å². The molecule has 0 aliphatic heterocycles. The minimum absolute atomic E-state index is 0.349. The Balaban J connectivity index is 2.07. The van der Waals surface area contributed by atoms with E-state index in [1.54, 1.807) is 30.4 Å². The van der Waals surface area contributed by atoms with Crippen LogP contribution < -0.4 is 0 Å². The van der Waals surface area contributed by atoms with Gasteiger partial charge in [0.25, 0.3) is 0 Å². The van der Waals surface area contributed by atoms with E-state index in [1.165, 1.54) is 31.6 Å². The van der Waals surface area contributed by atoms with Gasteiger partial charge < -0.3 is 14.6 Å². The molecule has 0 fully saturated rings. The lowest BCUT2D eigenvalue weighted by Gasteiger charge is -2.17. The van der Waals surface area contributed by atoms with E-state index < -0.39 is 18.0 Å². The Morgan fingerprint density at radius 1 is 1.15 bits per heavy atom. The molecule has 2 atom stereocenters. The monoisotopic (exact) mass is 408 g/mol. The highest BCUT2D eigenvalue weighted by Crippen LogP contribution is 2.29. The second-order valence-corrected chi connectivity index (χ2v) is 7.96. The van der Waals surface area contributed by atoms with E-state index in [9.17, 15) is 9.90 Å². The first kappa shape index (κ1) is 21.3. The number of hydrogen-bond donors (Lipinski definition) is 1. The van der Waals surface area contributed by atoms with Crippen LogP contribution in [0, 0.1) is 5.92 Å². The summed E-state index contributed by atoms with van der Waals surface area (Å²) in [5, 5.41) is 16.2. The first-order valence-corrected chi connectivity index (χ1v) is 10.2. The SMILES string of the molecule is COC(=O)/C=C(/OC)[C@@H](C)[C@@H](O)/C=C/c1csc(-c2csc(C(C)C)n2)n1. The highest BCUT2D eigenvalue weighted by atomic mass is 32.1. The molecule has 0 unspecified atom stereocenters. The zero-order valence-corrected chi connectivity index (χ0v) is 17.6. The Labute approximate surface area is 167 Å². The van der Waals surface area contributed by atoms with Gasteiger partial charge >= 0.3 is 5.97 Å². The third-order valence-electron chi connectivity index (χ3n) is 3.88. The van der Waals surface area contributed by atoms with E-state index in [4.69, 9.17) is 4.74 Å². The van der Waals surface area contributed by atoms with E-state index in [1.807, 2.05) is 10.8 Å². The molecular formula is C19H24N2O4S2. The maximum Gasteiger partial charge on any atom is 0.333 e. The summed E-state index contributed by atoms with van der Waals surface area (Å²) in [6.45, 7) is 6.00. The van der Waals surface area contributed by atoms with Crippen molar-refractivity contribution in [2.24, 2.45) is 5.92 Å². The minimum atomic E-state index is -0.835. The number of carbonyl (C=O) groups is 1. The molecule has 2 aromatic rings. The lowest BCUT2D eigenvalue weighted by molar-refractivity contribution is -0.135. The molecule has 8 heteroatoms. The van der Waals surface area contributed by atoms with Gasteiger partial charge in [-0.25, -0.2) is 14.8 Å². The van der Waals surface area contributed by atoms with E-state index in [-0.39, 0.29) is 0 Å². The van der Waals surface area contributed by atoms with Crippen LogP contribution >= 0.6 is 22.7 Å². The van der Waals surface area contributed by atoms with Crippen LogP contribution in [-0.2, 0) is 14.3 Å². The zero-order chi connectivity index (χ0) is 20.0. The molecule has 0 spiro atoms. The maximum absolute atomic E-state index is 11.4. The fraction of sp³-hybridized carbons (Fsp3) is 0.421. The standard InChI is InChI=1S/C19H24N2O4S2/c1-11(2)18-21-14(10-27-18)19-20-13(9-26-19)6-7-15(22)12(3)16(24-4)8-17(23)25-5/h6-12,15,22H,1-5H3/b7-6+,16-8+/t12-,15-/m0/s1. The normalized spacial score (nSPS) is 14.6. The molecule has 0 bridgehead atoms. The first-order chi connectivity index (χ1) is 12.8. The van der Waals surface area contributed by atoms with Gasteiger partial charge in [0.1, 0.15) is 16.5 Å². The third-order valence-corrected chi connectivity index (χ3v) is 5.91. The molecule has 0 radical (unpaired) electrons. The van der Waals surface area contributed by atoms with Crippen molar-refractivity contribution in [3.8, 4) is 10.7 Å². The van der Waals surface area contributed by atoms with Gasteiger partial charge in [0.15, 0.2) is 0 Å². The van der Waals surface area contributed by atoms with Crippen LogP contribution in [0.2, 0.25) is 0 Å². The Morgan fingerprint density at radius 3 is 2.48 bits per heavy atom. The van der Waals surface area contributed by atoms with Crippen molar-refractivity contribution in [1.82, 2.24) is 9.97 Å². The summed E-state index contributed by atoms with van der Waals surface area (Å²) >= 11 is 3.15. The van der Waals surface area contributed by atoms with E-state index in [0.717, 1.165) is 21.4 Å². The number of methoxy groups -OCH3 is 2. The molecular weight excluding hydrogens is 384 g/mol. The van der Waals surface area contributed by atoms with Crippen LogP contribution in [0.25, 0.3) is 16.8 Å². The number of aliphatic hydroxyl groups is 1. The molecule has 146 valence electrons. The molecule has 0 aliphatic rings. The summed E-state index contributed by atoms with van der Waals surface area (Å²) in [5.41, 5.74) is 1.63. The molecule has 0 amide bonds. The predicted molar refractivity (Wildman–Crippen MR) is 109 cm³/mol. The average Bonchev–Trinajstić information content (AvgIpc) is 3.32. The van der Waals surface area contributed by atoms with Crippen molar-refractivity contribution < 1.29 is 19.4 Å². The number of nitrogens with zero attached hydrogens (tertiary/aromatic N) is 2. The number of carbonyl (C=O) groups excluding carboxylic acids is 1. The quantitative estimate of drug-likeness (QED) is 0.402. The molecule has 2 heterocycles. The highest BCUT2D eigenvalue weighted by molar-refractivity contribution is 7.14. The Morgan fingerprint density at radius 2 is 1.89 bits per heavy atom. The van der Waals surface area contributed by atoms with Crippen molar-refractivity contribution in [3.05, 3.63) is 39.4 Å². The van der Waals surface area contributed by atoms with Gasteiger partial charge in [-0.15, -0.1) is 22.7 Å². The molecule has 2 rings (SSSR count). The predicted octanol–water partition coefficient (Wildman–Crippen LogP) is 4.10. The Kier molecular flexibility index (Phi) is 7.70. The van der Waals surface area contributed by atoms with Crippen molar-refractivity contribution in [3.63, 3.8) is 0 Å². The lowest BCUT2D eigenvalue weighted by atomic mass is 10.0. The van der Waals surface area contributed by atoms with E-state index in [2.05, 4.69) is 28.6 Å². The number of aliphatic hydroxyl groups excluding tert-OH is 1. The first-order valence-electron chi connectivity index (χ1n) is 8.46. The lowest BCUT2D eigenvalue weighted by Crippen LogP contribution is -2.19. The molecule has 6 nitrogen and oxygen atoms in total. The molecule has 0 aromatic carbocycles. The molecule has 2 aromatic heterocycles. The van der Waals surface area contributed by atoms with Gasteiger partial charge in [-0.05, 0) is 6.08 Å². The summed E-state index contributed by atoms with van der Waals surface area (Å²) in [6, 6.07) is 0. The minimum Gasteiger partial charge on any atom is -0.500 e. The smallest absolute Gasteiger partial charge is 0.333 e. The van der Waals surface area contributed by atoms with Crippen LogP contribution in [0.15, 0.2) is 28.7 Å². The van der Waals surface area contributed by atoms with Crippen molar-refractivity contribution in [2.75, 3.05) is 14.2 Å². The fourth-order valence-corrected chi connectivity index (χ4v) is 3.86. The van der Waals surface area contributed by atoms with Crippen LogP contribution in [0.1, 0.15) is 37.4 Å². The van der Waals surface area contributed by atoms with Crippen molar-refractivity contribution >= 4 is 34.7 Å². The number of thiazole rings is 2. The number of esters is 1. The van der Waals surface area contributed by atoms with Crippen molar-refractivity contribution in [1.29, 1.82) is 0 Å². The summed E-state index contributed by atoms with van der Waals surface area (Å²) in [5.74, 6) is -0.187. The van der Waals surface area contributed by atoms with Gasteiger partial charge in [0, 0.05) is 22.6 Å². The summed E-state index contributed by atoms with van der Waals surface area (Å²) in [7, 11) is 2.74. The zero-order valence-electron chi connectivity index (χ0n) is 16.0. The number of hydrogen-bond acceptors (Lipinski definition) is 8. The van der Waals surface area contributed by atoms with E-state index in [0.29, 0.717) is 11.7 Å². The molecule has 27 heavy (non-hydrogen) atoms. The maximum atomic E-state index is 11.4. The topological polar surface area (TPSA) is 81.5 Å². The molecule has 0 saturated heterocycles. The van der Waals surface area contributed by atoms with Gasteiger partial charge in [0.05, 0.1) is 37.1 Å². The highest BCUT2D eigenvalue weighted by Gasteiger charge is 2.19. The average molecular weight is 409 g/mol. The summed E-state index contributed by atoms with van der Waals surface area (Å²) in [4.78, 5) is 20.5. The summed E-state index contributed by atoms with van der Waals surface area (Å²) < 4.78 is 9.78. The van der Waals surface area contributed by atoms with Gasteiger partial charge in [0.2, 0.25) is 0 Å². The number of ether oxygens (including phenoxy) is 2. The summed E-state index contributed by atoms with van der Waals surface area (Å²) in [6.07, 6.45) is 3.78. The Bertz CT molecular complexity index is 823. The number of rotatable bonds is 8. The van der Waals surface area contributed by atoms with Crippen LogP contribution in [0.3, 0.4) is 0 Å². The van der Waals surface area contributed by atoms with Gasteiger partial charge in [-0.3, -0.25) is 0 Å². The molecule has 0 aliphatic carbocycles. The van der Waals surface area contributed by atoms with Crippen molar-refractivity contribution in [2.45, 2.75) is 32.8 Å². The van der Waals surface area contributed by atoms with Gasteiger partial charge in [-0.1, -0.05) is 26.8 Å². The van der Waals surface area contributed by atoms with E-state index >= 15 is 0 Å². The fourth-order valence-electron chi connectivity index (χ4n) is 2.21. The Hall–Kier alpha value is -2.03. The second-order valence-electron chi connectivity index (χ2n) is 6.22. The molecule has 0 saturated carbocycles. The van der Waals surface area contributed by atoms with Gasteiger partial charge in [-0.2, -0.15) is 0 Å². The molecule has 1 N–H and O–H groups in total. The largest absolute Gasteiger partial charge is 0.500 e. The third kappa shape index (κ3) is 5.72. The van der Waals surface area contributed by atoms with Crippen LogP contribution in [0.5, 0.6) is 0 Å². The number of aromatic nitrogens is 2.